The Bertz CT molecular complexity index is 537. The minimum Gasteiger partial charge on any atom is -0.444 e. The van der Waals surface area contributed by atoms with Crippen molar-refractivity contribution in [3.63, 3.8) is 0 Å². The van der Waals surface area contributed by atoms with Gasteiger partial charge in [0, 0.05) is 18.6 Å². The van der Waals surface area contributed by atoms with Crippen molar-refractivity contribution in [1.29, 1.82) is 0 Å². The van der Waals surface area contributed by atoms with Gasteiger partial charge in [-0.3, -0.25) is 0 Å². The van der Waals surface area contributed by atoms with Crippen LogP contribution >= 0.6 is 23.2 Å². The van der Waals surface area contributed by atoms with E-state index in [4.69, 9.17) is 27.9 Å². The normalized spacial score (nSPS) is 21.1. The highest BCUT2D eigenvalue weighted by Crippen LogP contribution is 2.24. The van der Waals surface area contributed by atoms with Crippen molar-refractivity contribution in [2.75, 3.05) is 0 Å². The van der Waals surface area contributed by atoms with E-state index < -0.39 is 5.60 Å². The molecule has 2 N–H and O–H groups in total. The van der Waals surface area contributed by atoms with Gasteiger partial charge in [0.2, 0.25) is 0 Å². The van der Waals surface area contributed by atoms with Crippen LogP contribution < -0.4 is 10.6 Å². The second-order valence-electron chi connectivity index (χ2n) is 6.64. The van der Waals surface area contributed by atoms with Gasteiger partial charge in [-0.05, 0) is 51.3 Å². The first-order chi connectivity index (χ1) is 10.2. The molecule has 0 bridgehead atoms. The van der Waals surface area contributed by atoms with Crippen LogP contribution in [0.4, 0.5) is 4.79 Å². The molecule has 0 radical (unpaired) electrons. The average molecular weight is 345 g/mol. The summed E-state index contributed by atoms with van der Waals surface area (Å²) in [4.78, 5) is 11.6. The smallest absolute Gasteiger partial charge is 0.407 e. The van der Waals surface area contributed by atoms with Gasteiger partial charge in [-0.2, -0.15) is 0 Å². The molecule has 1 fully saturated rings. The molecule has 0 aliphatic heterocycles. The standard InChI is InChI=1S/C16H22Cl2N2O2/c1-16(2,3)22-15(21)20-12-7-11(8-12)19-9-10-4-5-13(17)14(18)6-10/h4-6,11-12,19H,7-9H2,1-3H3,(H,20,21). The molecule has 22 heavy (non-hydrogen) atoms. The molecule has 0 unspecified atom stereocenters. The van der Waals surface area contributed by atoms with E-state index in [0.717, 1.165) is 24.9 Å². The van der Waals surface area contributed by atoms with E-state index in [2.05, 4.69) is 10.6 Å². The molecular formula is C16H22Cl2N2O2. The molecule has 2 rings (SSSR count). The maximum atomic E-state index is 11.6. The summed E-state index contributed by atoms with van der Waals surface area (Å²) in [5, 5.41) is 7.45. The molecule has 0 aromatic heterocycles. The predicted octanol–water partition coefficient (Wildman–Crippen LogP) is 4.14. The van der Waals surface area contributed by atoms with Crippen molar-refractivity contribution in [3.8, 4) is 0 Å². The number of hydrogen-bond acceptors (Lipinski definition) is 3. The number of nitrogens with one attached hydrogen (secondary N) is 2. The van der Waals surface area contributed by atoms with Crippen LogP contribution in [0.1, 0.15) is 39.2 Å². The van der Waals surface area contributed by atoms with Crippen LogP contribution in [0.15, 0.2) is 18.2 Å². The summed E-state index contributed by atoms with van der Waals surface area (Å²) in [6, 6.07) is 6.20. The third-order valence-electron chi connectivity index (χ3n) is 3.44. The molecule has 0 atom stereocenters. The van der Waals surface area contributed by atoms with Crippen LogP contribution in [0.25, 0.3) is 0 Å². The van der Waals surface area contributed by atoms with Gasteiger partial charge < -0.3 is 15.4 Å². The third kappa shape index (κ3) is 5.34. The Morgan fingerprint density at radius 3 is 2.50 bits per heavy atom. The van der Waals surface area contributed by atoms with E-state index in [0.29, 0.717) is 16.1 Å². The Morgan fingerprint density at radius 1 is 1.23 bits per heavy atom. The molecule has 1 aliphatic rings. The highest BCUT2D eigenvalue weighted by Gasteiger charge is 2.31. The van der Waals surface area contributed by atoms with Crippen LogP contribution in [0.2, 0.25) is 10.0 Å². The quantitative estimate of drug-likeness (QED) is 0.862. The fraction of sp³-hybridized carbons (Fsp3) is 0.562. The summed E-state index contributed by atoms with van der Waals surface area (Å²) in [5.41, 5.74) is 0.636. The number of halogens is 2. The van der Waals surface area contributed by atoms with Crippen molar-refractivity contribution in [2.45, 2.75) is 57.8 Å². The topological polar surface area (TPSA) is 50.4 Å². The zero-order chi connectivity index (χ0) is 16.3. The summed E-state index contributed by atoms with van der Waals surface area (Å²) in [7, 11) is 0. The summed E-state index contributed by atoms with van der Waals surface area (Å²) in [6.45, 7) is 6.31. The Labute approximate surface area is 141 Å². The first-order valence-corrected chi connectivity index (χ1v) is 8.15. The van der Waals surface area contributed by atoms with Crippen LogP contribution in [0.5, 0.6) is 0 Å². The zero-order valence-electron chi connectivity index (χ0n) is 13.1. The summed E-state index contributed by atoms with van der Waals surface area (Å²) in [5.74, 6) is 0. The van der Waals surface area contributed by atoms with Crippen LogP contribution in [-0.4, -0.2) is 23.8 Å². The minimum absolute atomic E-state index is 0.182. The molecule has 1 saturated carbocycles. The lowest BCUT2D eigenvalue weighted by Gasteiger charge is -2.36. The molecule has 0 spiro atoms. The summed E-state index contributed by atoms with van der Waals surface area (Å²) >= 11 is 11.9. The Kier molecular flexibility index (Phi) is 5.59. The first-order valence-electron chi connectivity index (χ1n) is 7.40. The van der Waals surface area contributed by atoms with Gasteiger partial charge in [0.15, 0.2) is 0 Å². The zero-order valence-corrected chi connectivity index (χ0v) is 14.6. The molecule has 1 aliphatic carbocycles. The van der Waals surface area contributed by atoms with Crippen molar-refractivity contribution in [1.82, 2.24) is 10.6 Å². The predicted molar refractivity (Wildman–Crippen MR) is 89.5 cm³/mol. The molecule has 6 heteroatoms. The van der Waals surface area contributed by atoms with Crippen LogP contribution in [-0.2, 0) is 11.3 Å². The van der Waals surface area contributed by atoms with Crippen molar-refractivity contribution < 1.29 is 9.53 Å². The Morgan fingerprint density at radius 2 is 1.91 bits per heavy atom. The number of benzene rings is 1. The van der Waals surface area contributed by atoms with E-state index in [9.17, 15) is 4.79 Å². The molecule has 4 nitrogen and oxygen atoms in total. The van der Waals surface area contributed by atoms with E-state index in [-0.39, 0.29) is 12.1 Å². The summed E-state index contributed by atoms with van der Waals surface area (Å²) in [6.07, 6.45) is 1.46. The van der Waals surface area contributed by atoms with Gasteiger partial charge in [0.1, 0.15) is 5.60 Å². The largest absolute Gasteiger partial charge is 0.444 e. The fourth-order valence-electron chi connectivity index (χ4n) is 2.29. The number of carbonyl (C=O) groups is 1. The lowest BCUT2D eigenvalue weighted by atomic mass is 9.87. The molecule has 0 heterocycles. The maximum Gasteiger partial charge on any atom is 0.407 e. The van der Waals surface area contributed by atoms with Crippen LogP contribution in [0, 0.1) is 0 Å². The van der Waals surface area contributed by atoms with Gasteiger partial charge in [0.05, 0.1) is 10.0 Å². The number of carbonyl (C=O) groups excluding carboxylic acids is 1. The van der Waals surface area contributed by atoms with Crippen molar-refractivity contribution in [2.24, 2.45) is 0 Å². The lowest BCUT2D eigenvalue weighted by Crippen LogP contribution is -2.52. The first kappa shape index (κ1) is 17.4. The molecule has 1 aromatic rings. The average Bonchev–Trinajstić information content (AvgIpc) is 2.33. The molecule has 1 aromatic carbocycles. The second-order valence-corrected chi connectivity index (χ2v) is 7.46. The Balaban J connectivity index is 1.67. The van der Waals surface area contributed by atoms with Crippen LogP contribution in [0.3, 0.4) is 0 Å². The minimum atomic E-state index is -0.459. The van der Waals surface area contributed by atoms with Crippen molar-refractivity contribution >= 4 is 29.3 Å². The maximum absolute atomic E-state index is 11.6. The fourth-order valence-corrected chi connectivity index (χ4v) is 2.61. The number of amides is 1. The summed E-state index contributed by atoms with van der Waals surface area (Å²) < 4.78 is 5.24. The van der Waals surface area contributed by atoms with Gasteiger partial charge in [-0.25, -0.2) is 4.79 Å². The van der Waals surface area contributed by atoms with E-state index in [1.165, 1.54) is 0 Å². The van der Waals surface area contributed by atoms with Gasteiger partial charge in [-0.1, -0.05) is 29.3 Å². The van der Waals surface area contributed by atoms with Crippen molar-refractivity contribution in [3.05, 3.63) is 33.8 Å². The Hall–Kier alpha value is -0.970. The van der Waals surface area contributed by atoms with E-state index in [1.807, 2.05) is 32.9 Å². The highest BCUT2D eigenvalue weighted by molar-refractivity contribution is 6.42. The molecule has 0 saturated heterocycles. The lowest BCUT2D eigenvalue weighted by molar-refractivity contribution is 0.0465. The number of alkyl carbamates (subject to hydrolysis) is 1. The number of rotatable bonds is 4. The van der Waals surface area contributed by atoms with Gasteiger partial charge in [-0.15, -0.1) is 0 Å². The number of hydrogen-bond donors (Lipinski definition) is 2. The molecule has 1 amide bonds. The number of ether oxygens (including phenoxy) is 1. The second kappa shape index (κ2) is 7.07. The SMILES string of the molecule is CC(C)(C)OC(=O)NC1CC(NCc2ccc(Cl)c(Cl)c2)C1. The highest BCUT2D eigenvalue weighted by atomic mass is 35.5. The van der Waals surface area contributed by atoms with Gasteiger partial charge >= 0.3 is 6.09 Å². The van der Waals surface area contributed by atoms with E-state index in [1.54, 1.807) is 6.07 Å². The molecular weight excluding hydrogens is 323 g/mol. The van der Waals surface area contributed by atoms with Gasteiger partial charge in [0.25, 0.3) is 0 Å². The third-order valence-corrected chi connectivity index (χ3v) is 4.18. The molecule has 122 valence electrons. The van der Waals surface area contributed by atoms with E-state index >= 15 is 0 Å². The monoisotopic (exact) mass is 344 g/mol.